The molecule has 3 aromatic rings. The van der Waals surface area contributed by atoms with Gasteiger partial charge in [-0.25, -0.2) is 14.3 Å². The zero-order valence-corrected chi connectivity index (χ0v) is 24.3. The third-order valence-corrected chi connectivity index (χ3v) is 7.90. The number of hydrogen-bond acceptors (Lipinski definition) is 6. The molecule has 0 saturated heterocycles. The number of aliphatic carboxylic acids is 1. The highest BCUT2D eigenvalue weighted by molar-refractivity contribution is 5.94. The Morgan fingerprint density at radius 1 is 0.891 bits per heavy atom. The number of hydrogen-bond donors (Lipinski definition) is 5. The minimum absolute atomic E-state index is 0.143. The van der Waals surface area contributed by atoms with Gasteiger partial charge in [0.05, 0.1) is 18.2 Å². The minimum Gasteiger partial charge on any atom is -0.479 e. The first-order chi connectivity index (χ1) is 21.8. The molecule has 1 fully saturated rings. The van der Waals surface area contributed by atoms with Crippen LogP contribution in [0, 0.1) is 0 Å². The summed E-state index contributed by atoms with van der Waals surface area (Å²) < 4.78 is 63.0. The number of aliphatic hydroxyl groups excluding tert-OH is 1. The van der Waals surface area contributed by atoms with Gasteiger partial charge in [-0.05, 0) is 65.8 Å². The van der Waals surface area contributed by atoms with Crippen LogP contribution in [0.2, 0.25) is 0 Å². The molecule has 5 N–H and O–H groups in total. The SMILES string of the molecule is O=C(Nc1ccc2c(c1)C(F)(F)OC(F)(F)O2)NC(c1ccc(C(=O)NC[C@@H](O)C(=O)O)cc1)c1ccc(C2CCCCC2)cc1. The fraction of sp³-hybridized carbons (Fsp3) is 0.344. The van der Waals surface area contributed by atoms with E-state index in [0.29, 0.717) is 17.0 Å². The number of ether oxygens (including phenoxy) is 2. The third-order valence-electron chi connectivity index (χ3n) is 7.90. The van der Waals surface area contributed by atoms with Crippen LogP contribution in [-0.2, 0) is 15.6 Å². The van der Waals surface area contributed by atoms with Crippen LogP contribution in [0.3, 0.4) is 0 Å². The molecule has 14 heteroatoms. The number of urea groups is 1. The molecule has 0 spiro atoms. The van der Waals surface area contributed by atoms with E-state index in [2.05, 4.69) is 25.4 Å². The second-order valence-corrected chi connectivity index (χ2v) is 11.1. The van der Waals surface area contributed by atoms with Crippen LogP contribution in [0.4, 0.5) is 28.0 Å². The number of halogens is 4. The van der Waals surface area contributed by atoms with Crippen molar-refractivity contribution in [1.82, 2.24) is 10.6 Å². The molecule has 3 aromatic carbocycles. The van der Waals surface area contributed by atoms with Gasteiger partial charge < -0.3 is 30.9 Å². The van der Waals surface area contributed by atoms with Crippen molar-refractivity contribution in [2.45, 2.75) is 62.6 Å². The Morgan fingerprint density at radius 3 is 2.15 bits per heavy atom. The van der Waals surface area contributed by atoms with Crippen LogP contribution < -0.4 is 20.7 Å². The molecule has 1 aliphatic carbocycles. The molecule has 2 aliphatic rings. The van der Waals surface area contributed by atoms with E-state index in [0.717, 1.165) is 43.9 Å². The van der Waals surface area contributed by atoms with Gasteiger partial charge >= 0.3 is 24.4 Å². The first-order valence-corrected chi connectivity index (χ1v) is 14.6. The quantitative estimate of drug-likeness (QED) is 0.184. The molecule has 5 rings (SSSR count). The second kappa shape index (κ2) is 13.3. The van der Waals surface area contributed by atoms with Gasteiger partial charge in [0.2, 0.25) is 0 Å². The van der Waals surface area contributed by atoms with Crippen molar-refractivity contribution in [2.75, 3.05) is 11.9 Å². The molecule has 3 amide bonds. The van der Waals surface area contributed by atoms with Crippen molar-refractivity contribution in [3.8, 4) is 5.75 Å². The zero-order chi connectivity index (χ0) is 33.1. The van der Waals surface area contributed by atoms with Crippen LogP contribution in [0.25, 0.3) is 0 Å². The molecule has 1 heterocycles. The van der Waals surface area contributed by atoms with E-state index >= 15 is 0 Å². The second-order valence-electron chi connectivity index (χ2n) is 11.1. The largest absolute Gasteiger partial charge is 0.540 e. The van der Waals surface area contributed by atoms with E-state index in [1.54, 1.807) is 12.1 Å². The lowest BCUT2D eigenvalue weighted by atomic mass is 9.83. The summed E-state index contributed by atoms with van der Waals surface area (Å²) >= 11 is 0. The first-order valence-electron chi connectivity index (χ1n) is 14.6. The van der Waals surface area contributed by atoms with Gasteiger partial charge in [-0.3, -0.25) is 4.79 Å². The van der Waals surface area contributed by atoms with Gasteiger partial charge in [-0.2, -0.15) is 8.78 Å². The lowest BCUT2D eigenvalue weighted by Crippen LogP contribution is -2.41. The normalized spacial score (nSPS) is 18.3. The molecule has 1 saturated carbocycles. The van der Waals surface area contributed by atoms with Crippen molar-refractivity contribution < 1.29 is 51.6 Å². The van der Waals surface area contributed by atoms with Gasteiger partial charge in [0.15, 0.2) is 6.10 Å². The number of carbonyl (C=O) groups excluding carboxylic acids is 2. The van der Waals surface area contributed by atoms with Crippen LogP contribution in [0.1, 0.15) is 76.7 Å². The Labute approximate surface area is 260 Å². The third kappa shape index (κ3) is 7.74. The van der Waals surface area contributed by atoms with Crippen molar-refractivity contribution >= 4 is 23.6 Å². The monoisotopic (exact) mass is 645 g/mol. The molecular formula is C32H31F4N3O7. The van der Waals surface area contributed by atoms with Gasteiger partial charge in [-0.15, -0.1) is 8.78 Å². The average Bonchev–Trinajstić information content (AvgIpc) is 3.02. The van der Waals surface area contributed by atoms with Gasteiger partial charge in [0, 0.05) is 11.3 Å². The number of carboxylic acid groups (broad SMARTS) is 1. The molecule has 2 atom stereocenters. The molecule has 0 radical (unpaired) electrons. The summed E-state index contributed by atoms with van der Waals surface area (Å²) in [6, 6.07) is 15.0. The maximum atomic E-state index is 14.3. The highest BCUT2D eigenvalue weighted by Crippen LogP contribution is 2.47. The van der Waals surface area contributed by atoms with Crippen molar-refractivity contribution in [3.05, 3.63) is 94.5 Å². The van der Waals surface area contributed by atoms with Crippen LogP contribution >= 0.6 is 0 Å². The number of aliphatic hydroxyl groups is 1. The predicted octanol–water partition coefficient (Wildman–Crippen LogP) is 5.83. The average molecular weight is 646 g/mol. The molecule has 0 aromatic heterocycles. The zero-order valence-electron chi connectivity index (χ0n) is 24.3. The molecular weight excluding hydrogens is 614 g/mol. The summed E-state index contributed by atoms with van der Waals surface area (Å²) in [5.74, 6) is -2.47. The van der Waals surface area contributed by atoms with Crippen LogP contribution in [0.5, 0.6) is 5.75 Å². The summed E-state index contributed by atoms with van der Waals surface area (Å²) in [6.45, 7) is -0.497. The summed E-state index contributed by atoms with van der Waals surface area (Å²) in [5, 5.41) is 25.8. The van der Waals surface area contributed by atoms with Gasteiger partial charge in [0.25, 0.3) is 5.91 Å². The van der Waals surface area contributed by atoms with E-state index in [9.17, 15) is 37.1 Å². The number of amides is 3. The molecule has 0 bridgehead atoms. The standard InChI is InChI=1S/C32H31F4N3O7/c33-31(34)24-16-23(14-15-26(24)45-32(35,36)46-31)38-30(44)39-27(20-8-6-19(7-9-20)18-4-2-1-3-5-18)21-10-12-22(13-11-21)28(41)37-17-25(40)29(42)43/h6-16,18,25,27,40H,1-5,17H2,(H,37,41)(H,42,43)(H2,38,39,44)/t25-,27?/m1/s1. The highest BCUT2D eigenvalue weighted by atomic mass is 19.3. The highest BCUT2D eigenvalue weighted by Gasteiger charge is 2.54. The smallest absolute Gasteiger partial charge is 0.479 e. The fourth-order valence-corrected chi connectivity index (χ4v) is 5.54. The van der Waals surface area contributed by atoms with E-state index in [4.69, 9.17) is 5.11 Å². The summed E-state index contributed by atoms with van der Waals surface area (Å²) in [4.78, 5) is 36.5. The fourth-order valence-electron chi connectivity index (χ4n) is 5.54. The maximum Gasteiger partial charge on any atom is 0.540 e. The molecule has 244 valence electrons. The molecule has 10 nitrogen and oxygen atoms in total. The number of carbonyl (C=O) groups is 3. The van der Waals surface area contributed by atoms with E-state index in [-0.39, 0.29) is 11.3 Å². The number of anilines is 1. The molecule has 46 heavy (non-hydrogen) atoms. The number of carboxylic acids is 1. The Morgan fingerprint density at radius 2 is 1.52 bits per heavy atom. The van der Waals surface area contributed by atoms with Gasteiger partial charge in [-0.1, -0.05) is 55.7 Å². The predicted molar refractivity (Wildman–Crippen MR) is 156 cm³/mol. The Hall–Kier alpha value is -4.69. The van der Waals surface area contributed by atoms with E-state index in [1.165, 1.54) is 24.1 Å². The van der Waals surface area contributed by atoms with Gasteiger partial charge in [0.1, 0.15) is 5.75 Å². The molecule has 1 unspecified atom stereocenters. The minimum atomic E-state index is -4.53. The number of alkyl halides is 4. The topological polar surface area (TPSA) is 146 Å². The lowest BCUT2D eigenvalue weighted by Gasteiger charge is -2.30. The number of rotatable bonds is 9. The number of nitrogens with one attached hydrogen (secondary N) is 3. The van der Waals surface area contributed by atoms with Crippen molar-refractivity contribution in [1.29, 1.82) is 0 Å². The van der Waals surface area contributed by atoms with Crippen molar-refractivity contribution in [3.63, 3.8) is 0 Å². The number of fused-ring (bicyclic) bond motifs is 1. The van der Waals surface area contributed by atoms with E-state index in [1.807, 2.05) is 24.3 Å². The Bertz CT molecular complexity index is 1580. The summed E-state index contributed by atoms with van der Waals surface area (Å²) in [5.41, 5.74) is 1.43. The lowest BCUT2D eigenvalue weighted by molar-refractivity contribution is -0.461. The van der Waals surface area contributed by atoms with E-state index < -0.39 is 60.3 Å². The Kier molecular flexibility index (Phi) is 9.49. The Balaban J connectivity index is 1.36. The first kappa shape index (κ1) is 32.7. The van der Waals surface area contributed by atoms with Crippen molar-refractivity contribution in [2.24, 2.45) is 0 Å². The maximum absolute atomic E-state index is 14.3. The van der Waals surface area contributed by atoms with Crippen LogP contribution in [0.15, 0.2) is 66.7 Å². The van der Waals surface area contributed by atoms with Crippen LogP contribution in [-0.4, -0.2) is 47.1 Å². The molecule has 1 aliphatic heterocycles. The number of benzene rings is 3. The summed E-state index contributed by atoms with van der Waals surface area (Å²) in [7, 11) is 0. The summed E-state index contributed by atoms with van der Waals surface area (Å²) in [6.07, 6.45) is -4.99.